The van der Waals surface area contributed by atoms with Crippen molar-refractivity contribution in [1.82, 2.24) is 20.4 Å². The molecule has 2 heterocycles. The highest BCUT2D eigenvalue weighted by Crippen LogP contribution is 2.35. The molecule has 2 fully saturated rings. The third-order valence-corrected chi connectivity index (χ3v) is 8.94. The predicted octanol–water partition coefficient (Wildman–Crippen LogP) is 4.14. The quantitative estimate of drug-likeness (QED) is 0.175. The average molecular weight is 507 g/mol. The summed E-state index contributed by atoms with van der Waals surface area (Å²) in [6, 6.07) is 0. The van der Waals surface area contributed by atoms with Gasteiger partial charge in [-0.25, -0.2) is 0 Å². The maximum Gasteiger partial charge on any atom is 0.242 e. The number of carbonyl (C=O) groups is 2. The normalized spacial score (nSPS) is 20.4. The van der Waals surface area contributed by atoms with Crippen molar-refractivity contribution in [1.29, 1.82) is 0 Å². The zero-order valence-corrected chi connectivity index (χ0v) is 22.6. The Labute approximate surface area is 214 Å². The SMILES string of the molecule is C=C(CCSC1CC(=O)N(CCCCCCN2CC(=C)C(SCCC(=C)NC)C2=C)C1=O)NC. The van der Waals surface area contributed by atoms with Crippen LogP contribution < -0.4 is 10.6 Å². The molecule has 34 heavy (non-hydrogen) atoms. The number of imide groups is 1. The summed E-state index contributed by atoms with van der Waals surface area (Å²) in [5.41, 5.74) is 4.41. The van der Waals surface area contributed by atoms with E-state index in [-0.39, 0.29) is 17.1 Å². The Morgan fingerprint density at radius 2 is 1.53 bits per heavy atom. The molecule has 190 valence electrons. The molecule has 0 spiro atoms. The van der Waals surface area contributed by atoms with Crippen LogP contribution in [-0.4, -0.2) is 77.3 Å². The highest BCUT2D eigenvalue weighted by Gasteiger charge is 2.38. The molecule has 0 aliphatic carbocycles. The van der Waals surface area contributed by atoms with Crippen LogP contribution >= 0.6 is 23.5 Å². The number of hydrogen-bond donors (Lipinski definition) is 2. The summed E-state index contributed by atoms with van der Waals surface area (Å²) in [5, 5.41) is 6.19. The Morgan fingerprint density at radius 1 is 0.941 bits per heavy atom. The second-order valence-electron chi connectivity index (χ2n) is 8.89. The minimum Gasteiger partial charge on any atom is -0.392 e. The fourth-order valence-electron chi connectivity index (χ4n) is 4.09. The van der Waals surface area contributed by atoms with Gasteiger partial charge in [-0.1, -0.05) is 39.2 Å². The summed E-state index contributed by atoms with van der Waals surface area (Å²) < 4.78 is 0. The lowest BCUT2D eigenvalue weighted by atomic mass is 10.2. The Bertz CT molecular complexity index is 783. The molecule has 2 amide bonds. The van der Waals surface area contributed by atoms with E-state index in [0.717, 1.165) is 74.5 Å². The summed E-state index contributed by atoms with van der Waals surface area (Å²) >= 11 is 3.47. The molecule has 2 aliphatic heterocycles. The van der Waals surface area contributed by atoms with E-state index >= 15 is 0 Å². The topological polar surface area (TPSA) is 64.7 Å². The standard InChI is InChI=1S/C26H42N4O2S2/c1-19-18-29(22(4)25(19)34-16-12-21(3)28-6)13-9-7-8-10-14-30-24(31)17-23(26(30)32)33-15-11-20(2)27-5/h23,25,27-28H,1-4,7-18H2,5-6H3. The van der Waals surface area contributed by atoms with Crippen molar-refractivity contribution in [3.05, 3.63) is 49.0 Å². The van der Waals surface area contributed by atoms with Crippen molar-refractivity contribution >= 4 is 35.3 Å². The number of rotatable bonds is 17. The minimum atomic E-state index is -0.228. The van der Waals surface area contributed by atoms with Crippen LogP contribution in [0.5, 0.6) is 0 Å². The van der Waals surface area contributed by atoms with Gasteiger partial charge in [0.1, 0.15) is 0 Å². The van der Waals surface area contributed by atoms with Gasteiger partial charge in [-0.2, -0.15) is 0 Å². The molecular weight excluding hydrogens is 464 g/mol. The van der Waals surface area contributed by atoms with Gasteiger partial charge >= 0.3 is 0 Å². The Kier molecular flexibility index (Phi) is 12.2. The summed E-state index contributed by atoms with van der Waals surface area (Å²) in [4.78, 5) is 28.7. The number of allylic oxidation sites excluding steroid dienone is 2. The van der Waals surface area contributed by atoms with Crippen molar-refractivity contribution in [2.75, 3.05) is 45.2 Å². The van der Waals surface area contributed by atoms with Crippen molar-refractivity contribution in [3.8, 4) is 0 Å². The first-order valence-corrected chi connectivity index (χ1v) is 14.3. The molecule has 2 N–H and O–H groups in total. The molecule has 2 unspecified atom stereocenters. The minimum absolute atomic E-state index is 0.0150. The number of nitrogens with one attached hydrogen (secondary N) is 2. The van der Waals surface area contributed by atoms with E-state index in [9.17, 15) is 9.59 Å². The Balaban J connectivity index is 1.60. The highest BCUT2D eigenvalue weighted by molar-refractivity contribution is 8.00. The summed E-state index contributed by atoms with van der Waals surface area (Å²) in [7, 11) is 3.75. The molecular formula is C26H42N4O2S2. The van der Waals surface area contributed by atoms with E-state index in [0.29, 0.717) is 18.2 Å². The third-order valence-electron chi connectivity index (χ3n) is 6.35. The molecule has 2 atom stereocenters. The van der Waals surface area contributed by atoms with Crippen LogP contribution in [0.25, 0.3) is 0 Å². The lowest BCUT2D eigenvalue weighted by Crippen LogP contribution is -2.32. The first-order valence-electron chi connectivity index (χ1n) is 12.2. The molecule has 0 saturated carbocycles. The number of amides is 2. The molecule has 0 aromatic rings. The summed E-state index contributed by atoms with van der Waals surface area (Å²) in [6.45, 7) is 18.9. The number of nitrogens with zero attached hydrogens (tertiary/aromatic N) is 2. The van der Waals surface area contributed by atoms with Crippen LogP contribution in [-0.2, 0) is 9.59 Å². The lowest BCUT2D eigenvalue weighted by Gasteiger charge is -2.21. The molecule has 0 bridgehead atoms. The Hall–Kier alpha value is -1.80. The molecule has 0 radical (unpaired) electrons. The zero-order valence-electron chi connectivity index (χ0n) is 21.0. The van der Waals surface area contributed by atoms with Crippen molar-refractivity contribution < 1.29 is 9.59 Å². The maximum absolute atomic E-state index is 12.6. The number of hydrogen-bond acceptors (Lipinski definition) is 7. The van der Waals surface area contributed by atoms with Gasteiger partial charge in [-0.05, 0) is 42.8 Å². The molecule has 2 aliphatic rings. The van der Waals surface area contributed by atoms with Crippen molar-refractivity contribution in [2.24, 2.45) is 0 Å². The van der Waals surface area contributed by atoms with E-state index in [1.54, 1.807) is 11.8 Å². The first-order chi connectivity index (χ1) is 16.3. The second-order valence-corrected chi connectivity index (χ2v) is 11.4. The van der Waals surface area contributed by atoms with Crippen LogP contribution in [0.3, 0.4) is 0 Å². The van der Waals surface area contributed by atoms with E-state index in [1.807, 2.05) is 25.9 Å². The van der Waals surface area contributed by atoms with Crippen LogP contribution in [0.15, 0.2) is 49.0 Å². The van der Waals surface area contributed by atoms with Crippen LogP contribution in [0.1, 0.15) is 44.9 Å². The van der Waals surface area contributed by atoms with Crippen molar-refractivity contribution in [3.63, 3.8) is 0 Å². The number of unbranched alkanes of at least 4 members (excludes halogenated alkanes) is 3. The maximum atomic E-state index is 12.6. The van der Waals surface area contributed by atoms with Gasteiger partial charge in [0.15, 0.2) is 0 Å². The van der Waals surface area contributed by atoms with Gasteiger partial charge < -0.3 is 15.5 Å². The zero-order chi connectivity index (χ0) is 25.1. The smallest absolute Gasteiger partial charge is 0.242 e. The van der Waals surface area contributed by atoms with Crippen LogP contribution in [0.2, 0.25) is 0 Å². The summed E-state index contributed by atoms with van der Waals surface area (Å²) in [5.74, 6) is 1.77. The number of likely N-dealkylation sites (tertiary alicyclic amines) is 2. The van der Waals surface area contributed by atoms with Crippen molar-refractivity contribution in [2.45, 2.75) is 55.4 Å². The van der Waals surface area contributed by atoms with Gasteiger partial charge in [0.2, 0.25) is 11.8 Å². The first kappa shape index (κ1) is 28.4. The summed E-state index contributed by atoms with van der Waals surface area (Å²) in [6.07, 6.45) is 6.13. The van der Waals surface area contributed by atoms with E-state index < -0.39 is 0 Å². The predicted molar refractivity (Wildman–Crippen MR) is 148 cm³/mol. The van der Waals surface area contributed by atoms with Crippen LogP contribution in [0, 0.1) is 0 Å². The highest BCUT2D eigenvalue weighted by atomic mass is 32.2. The Morgan fingerprint density at radius 3 is 2.15 bits per heavy atom. The molecule has 8 heteroatoms. The molecule has 2 saturated heterocycles. The number of carbonyl (C=O) groups excluding carboxylic acids is 2. The molecule has 2 rings (SSSR count). The lowest BCUT2D eigenvalue weighted by molar-refractivity contribution is -0.138. The monoisotopic (exact) mass is 506 g/mol. The van der Waals surface area contributed by atoms with Gasteiger partial charge in [0.25, 0.3) is 0 Å². The molecule has 6 nitrogen and oxygen atoms in total. The van der Waals surface area contributed by atoms with Gasteiger partial charge in [0, 0.05) is 57.2 Å². The van der Waals surface area contributed by atoms with E-state index in [1.165, 1.54) is 16.2 Å². The van der Waals surface area contributed by atoms with Gasteiger partial charge in [-0.3, -0.25) is 14.5 Å². The molecule has 0 aromatic heterocycles. The third kappa shape index (κ3) is 8.45. The van der Waals surface area contributed by atoms with Gasteiger partial charge in [0.05, 0.1) is 10.5 Å². The average Bonchev–Trinajstić information content (AvgIpc) is 3.24. The second kappa shape index (κ2) is 14.6. The number of thioether (sulfide) groups is 2. The fraction of sp³-hybridized carbons (Fsp3) is 0.615. The van der Waals surface area contributed by atoms with Crippen LogP contribution in [0.4, 0.5) is 0 Å². The van der Waals surface area contributed by atoms with Gasteiger partial charge in [-0.15, -0.1) is 23.5 Å². The molecule has 0 aromatic carbocycles. The van der Waals surface area contributed by atoms with E-state index in [4.69, 9.17) is 0 Å². The largest absolute Gasteiger partial charge is 0.392 e. The fourth-order valence-corrected chi connectivity index (χ4v) is 6.52. The van der Waals surface area contributed by atoms with E-state index in [2.05, 4.69) is 41.8 Å².